The topological polar surface area (TPSA) is 253 Å². The van der Waals surface area contributed by atoms with Gasteiger partial charge in [-0.1, -0.05) is 23.7 Å². The third-order valence-electron chi connectivity index (χ3n) is 12.9. The molecule has 0 spiro atoms. The number of urea groups is 1. The van der Waals surface area contributed by atoms with Crippen molar-refractivity contribution in [2.24, 2.45) is 5.92 Å². The zero-order chi connectivity index (χ0) is 56.1. The molecule has 2 aromatic carbocycles. The third kappa shape index (κ3) is 10.9. The van der Waals surface area contributed by atoms with Crippen LogP contribution in [0.5, 0.6) is 0 Å². The number of aryl methyl sites for hydroxylation is 1. The fraction of sp³-hybridized carbons (Fsp3) is 0.432. The van der Waals surface area contributed by atoms with Crippen LogP contribution in [0.2, 0.25) is 5.02 Å². The van der Waals surface area contributed by atoms with Crippen molar-refractivity contribution in [2.75, 3.05) is 16.8 Å². The molecule has 5 aromatic rings. The lowest BCUT2D eigenvalue weighted by molar-refractivity contribution is -0.157. The lowest BCUT2D eigenvalue weighted by atomic mass is 9.93. The first kappa shape index (κ1) is 56.2. The number of carbonyl (C=O) groups excluding carboxylic acids is 2. The Labute approximate surface area is 423 Å². The van der Waals surface area contributed by atoms with Crippen LogP contribution in [0, 0.1) is 17.6 Å². The number of amides is 3. The summed E-state index contributed by atoms with van der Waals surface area (Å²) >= 11 is 6.57. The number of rotatable bonds is 17. The molecule has 1 unspecified atom stereocenters. The van der Waals surface area contributed by atoms with Crippen molar-refractivity contribution in [1.82, 2.24) is 35.2 Å². The highest BCUT2D eigenvalue weighted by atomic mass is 35.5. The van der Waals surface area contributed by atoms with E-state index in [2.05, 4.69) is 20.5 Å². The van der Waals surface area contributed by atoms with Crippen LogP contribution in [0.4, 0.5) is 54.5 Å². The Balaban J connectivity index is 1.48. The predicted molar refractivity (Wildman–Crippen MR) is 244 cm³/mol. The van der Waals surface area contributed by atoms with Gasteiger partial charge in [-0.25, -0.2) is 40.0 Å². The Morgan fingerprint density at radius 1 is 0.893 bits per heavy atom. The smallest absolute Gasteiger partial charge is 0.435 e. The standard InChI is InChI=1S/C44H41ClF10N8O10S2/c1-40(2,74(4,70)71)11-10-22-6-7-23(24-8-9-27(45)31-33(24)62(18-42(48,49)50)60-36(31)63(75(5,72)73)39(69)58-41(3,37(65)66)38(67)68)32(56-22)28(14-19-12-20(46)15-21(47)13-19)57-29(64)17-61-35-30(34(59-61)44(53,54)55)25-16-26(25)43(35,51)52/h6-9,12-13,15,25-26,28H,10-11,14,16-18H2,1-5H3,(H,57,64)(H,58,69)(H,65,66)(H,67,68)/t25?,26-,28+/m1/s1. The number of benzene rings is 2. The summed E-state index contributed by atoms with van der Waals surface area (Å²) < 4.78 is 198. The van der Waals surface area contributed by atoms with Crippen molar-refractivity contribution in [3.63, 3.8) is 0 Å². The molecule has 7 rings (SSSR count). The number of nitrogens with one attached hydrogen (secondary N) is 2. The molecule has 0 aliphatic heterocycles. The van der Waals surface area contributed by atoms with Gasteiger partial charge in [0, 0.05) is 40.6 Å². The van der Waals surface area contributed by atoms with E-state index in [0.717, 1.165) is 36.6 Å². The van der Waals surface area contributed by atoms with Crippen molar-refractivity contribution >= 4 is 72.1 Å². The highest BCUT2D eigenvalue weighted by Gasteiger charge is 2.68. The first-order valence-electron chi connectivity index (χ1n) is 21.8. The molecule has 0 radical (unpaired) electrons. The molecule has 1 saturated carbocycles. The van der Waals surface area contributed by atoms with E-state index in [-0.39, 0.29) is 49.8 Å². The molecular weight excluding hydrogens is 1090 g/mol. The molecule has 75 heavy (non-hydrogen) atoms. The number of hydrogen-bond donors (Lipinski definition) is 4. The van der Waals surface area contributed by atoms with E-state index >= 15 is 8.78 Å². The highest BCUT2D eigenvalue weighted by molar-refractivity contribution is 7.93. The number of carboxylic acid groups (broad SMARTS) is 2. The number of halogens is 11. The van der Waals surface area contributed by atoms with Gasteiger partial charge in [0.1, 0.15) is 30.4 Å². The van der Waals surface area contributed by atoms with E-state index in [4.69, 9.17) is 11.6 Å². The first-order valence-corrected chi connectivity index (χ1v) is 25.9. The van der Waals surface area contributed by atoms with Gasteiger partial charge in [-0.15, -0.1) is 0 Å². The van der Waals surface area contributed by atoms with E-state index in [1.807, 2.05) is 0 Å². The van der Waals surface area contributed by atoms with Crippen LogP contribution >= 0.6 is 11.6 Å². The van der Waals surface area contributed by atoms with Gasteiger partial charge in [0.25, 0.3) is 5.92 Å². The molecule has 31 heteroatoms. The van der Waals surface area contributed by atoms with E-state index < -0.39 is 171 Å². The van der Waals surface area contributed by atoms with Crippen LogP contribution in [-0.4, -0.2) is 104 Å². The predicted octanol–water partition coefficient (Wildman–Crippen LogP) is 7.28. The zero-order valence-electron chi connectivity index (χ0n) is 39.3. The SMILES string of the molecule is CC(NC(=O)N(c1nn(CC(F)(F)F)c2c(-c3ccc(CCC(C)(C)S(C)(=O)=O)nc3[C@H](Cc3cc(F)cc(F)c3)NC(=O)Cn3nc(C(F)(F)F)c4c3C(F)(F)[C@@H]3CC43)ccc(Cl)c12)S(C)(=O)=O)(C(=O)O)C(=O)O. The highest BCUT2D eigenvalue weighted by Crippen LogP contribution is 2.68. The fourth-order valence-electron chi connectivity index (χ4n) is 8.69. The van der Waals surface area contributed by atoms with Crippen LogP contribution in [0.25, 0.3) is 22.0 Å². The van der Waals surface area contributed by atoms with Crippen LogP contribution < -0.4 is 14.9 Å². The second kappa shape index (κ2) is 18.9. The average molecular weight is 1130 g/mol. The number of pyridine rings is 1. The van der Waals surface area contributed by atoms with Gasteiger partial charge in [-0.2, -0.15) is 49.6 Å². The summed E-state index contributed by atoms with van der Waals surface area (Å²) in [5.41, 5.74) is -9.35. The van der Waals surface area contributed by atoms with Crippen LogP contribution in [-0.2, 0) is 72.3 Å². The van der Waals surface area contributed by atoms with E-state index in [1.165, 1.54) is 25.2 Å². The number of nitrogens with zero attached hydrogens (tertiary/aromatic N) is 6. The molecule has 4 N–H and O–H groups in total. The Bertz CT molecular complexity index is 3400. The number of alkyl halides is 8. The molecule has 1 fully saturated rings. The molecule has 0 bridgehead atoms. The summed E-state index contributed by atoms with van der Waals surface area (Å²) in [5.74, 6) is -16.1. The van der Waals surface area contributed by atoms with Crippen LogP contribution in [0.1, 0.15) is 79.5 Å². The number of carbonyl (C=O) groups is 4. The second-order valence-electron chi connectivity index (χ2n) is 18.8. The van der Waals surface area contributed by atoms with Crippen LogP contribution in [0.3, 0.4) is 0 Å². The van der Waals surface area contributed by atoms with Crippen molar-refractivity contribution in [1.29, 1.82) is 0 Å². The summed E-state index contributed by atoms with van der Waals surface area (Å²) in [6.45, 7) is -0.291. The normalized spacial score (nSPS) is 17.1. The van der Waals surface area contributed by atoms with Gasteiger partial charge in [-0.3, -0.25) is 19.1 Å². The quantitative estimate of drug-likeness (QED) is 0.0529. The Morgan fingerprint density at radius 3 is 2.04 bits per heavy atom. The minimum atomic E-state index is -5.26. The lowest BCUT2D eigenvalue weighted by Crippen LogP contribution is -2.61. The summed E-state index contributed by atoms with van der Waals surface area (Å²) in [6.07, 6.45) is -10.7. The molecule has 2 aliphatic carbocycles. The minimum absolute atomic E-state index is 0.0248. The lowest BCUT2D eigenvalue weighted by Gasteiger charge is -2.26. The summed E-state index contributed by atoms with van der Waals surface area (Å²) in [7, 11) is -8.96. The summed E-state index contributed by atoms with van der Waals surface area (Å²) in [4.78, 5) is 56.6. The van der Waals surface area contributed by atoms with Crippen molar-refractivity contribution in [3.8, 4) is 11.1 Å². The Kier molecular flexibility index (Phi) is 14.2. The average Bonchev–Trinajstić information content (AvgIpc) is 3.76. The maximum atomic E-state index is 15.6. The van der Waals surface area contributed by atoms with Gasteiger partial charge in [0.15, 0.2) is 21.3 Å². The molecular formula is C44H41ClF10N8O10S2. The van der Waals surface area contributed by atoms with Crippen molar-refractivity contribution < 1.29 is 90.1 Å². The van der Waals surface area contributed by atoms with Gasteiger partial charge in [0.2, 0.25) is 21.5 Å². The van der Waals surface area contributed by atoms with Crippen LogP contribution in [0.15, 0.2) is 42.5 Å². The van der Waals surface area contributed by atoms with Gasteiger partial charge >= 0.3 is 30.3 Å². The molecule has 406 valence electrons. The number of aliphatic carboxylic acids is 2. The second-order valence-corrected chi connectivity index (χ2v) is 23.7. The number of fused-ring (bicyclic) bond motifs is 4. The molecule has 3 atom stereocenters. The molecule has 3 heterocycles. The molecule has 18 nitrogen and oxygen atoms in total. The number of sulfone groups is 1. The monoisotopic (exact) mass is 1130 g/mol. The number of carboxylic acids is 2. The van der Waals surface area contributed by atoms with E-state index in [0.29, 0.717) is 19.2 Å². The molecule has 3 aromatic heterocycles. The maximum Gasteiger partial charge on any atom is 0.435 e. The number of aromatic nitrogens is 5. The maximum absolute atomic E-state index is 15.6. The number of hydrogen-bond acceptors (Lipinski definition) is 11. The number of sulfonamides is 1. The molecule has 3 amide bonds. The largest absolute Gasteiger partial charge is 0.479 e. The minimum Gasteiger partial charge on any atom is -0.479 e. The third-order valence-corrected chi connectivity index (χ3v) is 16.4. The molecule has 2 aliphatic rings. The van der Waals surface area contributed by atoms with Gasteiger partial charge < -0.3 is 20.8 Å². The van der Waals surface area contributed by atoms with Gasteiger partial charge in [-0.05, 0) is 82.2 Å². The van der Waals surface area contributed by atoms with E-state index in [1.54, 1.807) is 0 Å². The fourth-order valence-corrected chi connectivity index (χ4v) is 10.2. The van der Waals surface area contributed by atoms with E-state index in [9.17, 15) is 81.4 Å². The Morgan fingerprint density at radius 2 is 1.49 bits per heavy atom. The Hall–Kier alpha value is -6.56. The zero-order valence-corrected chi connectivity index (χ0v) is 41.7. The summed E-state index contributed by atoms with van der Waals surface area (Å²) in [5, 5.41) is 28.9. The van der Waals surface area contributed by atoms with Gasteiger partial charge in [0.05, 0.1) is 38.7 Å². The number of anilines is 1. The summed E-state index contributed by atoms with van der Waals surface area (Å²) in [6, 6.07) is 2.46. The van der Waals surface area contributed by atoms with Crippen molar-refractivity contribution in [3.05, 3.63) is 93.0 Å². The molecule has 0 saturated heterocycles. The first-order chi connectivity index (χ1) is 34.3. The van der Waals surface area contributed by atoms with Crippen molar-refractivity contribution in [2.45, 2.75) is 100 Å².